The average Bonchev–Trinajstić information content (AvgIpc) is 2.69. The quantitative estimate of drug-likeness (QED) is 0.844. The van der Waals surface area contributed by atoms with Crippen LogP contribution in [0.1, 0.15) is 19.4 Å². The second kappa shape index (κ2) is 4.51. The van der Waals surface area contributed by atoms with Gasteiger partial charge in [0.25, 0.3) is 0 Å². The van der Waals surface area contributed by atoms with E-state index in [4.69, 9.17) is 5.73 Å². The van der Waals surface area contributed by atoms with Gasteiger partial charge in [-0.2, -0.15) is 0 Å². The summed E-state index contributed by atoms with van der Waals surface area (Å²) in [6.07, 6.45) is 2.10. The van der Waals surface area contributed by atoms with Gasteiger partial charge in [0, 0.05) is 42.8 Å². The van der Waals surface area contributed by atoms with Crippen molar-refractivity contribution in [1.82, 2.24) is 9.88 Å². The van der Waals surface area contributed by atoms with Crippen molar-refractivity contribution in [3.05, 3.63) is 36.0 Å². The number of rotatable bonds is 4. The Kier molecular flexibility index (Phi) is 3.22. The number of aromatic nitrogens is 1. The van der Waals surface area contributed by atoms with Crippen LogP contribution in [0.3, 0.4) is 0 Å². The molecule has 0 fully saturated rings. The van der Waals surface area contributed by atoms with Crippen LogP contribution in [0, 0.1) is 0 Å². The van der Waals surface area contributed by atoms with E-state index in [2.05, 4.69) is 61.2 Å². The van der Waals surface area contributed by atoms with Crippen LogP contribution in [0.2, 0.25) is 0 Å². The van der Waals surface area contributed by atoms with Gasteiger partial charge in [0.1, 0.15) is 0 Å². The highest BCUT2D eigenvalue weighted by Crippen LogP contribution is 2.28. The Bertz CT molecular complexity index is 511. The zero-order chi connectivity index (χ0) is 12.5. The number of aryl methyl sites for hydroxylation is 1. The van der Waals surface area contributed by atoms with Crippen LogP contribution in [-0.4, -0.2) is 17.7 Å². The van der Waals surface area contributed by atoms with E-state index in [-0.39, 0.29) is 5.54 Å². The minimum absolute atomic E-state index is 0.0553. The number of nitrogens with zero attached hydrogens (tertiary/aromatic N) is 1. The lowest BCUT2D eigenvalue weighted by atomic mass is 9.91. The maximum absolute atomic E-state index is 5.56. The Labute approximate surface area is 103 Å². The van der Waals surface area contributed by atoms with Gasteiger partial charge < -0.3 is 15.6 Å². The molecule has 0 saturated heterocycles. The molecule has 2 aromatic rings. The summed E-state index contributed by atoms with van der Waals surface area (Å²) in [6.45, 7) is 5.89. The molecule has 0 amide bonds. The molecule has 0 saturated carbocycles. The first-order valence-corrected chi connectivity index (χ1v) is 6.06. The lowest BCUT2D eigenvalue weighted by molar-refractivity contribution is 0.413. The summed E-state index contributed by atoms with van der Waals surface area (Å²) in [5, 5.41) is 4.80. The van der Waals surface area contributed by atoms with Crippen molar-refractivity contribution < 1.29 is 0 Å². The average molecular weight is 231 g/mol. The fourth-order valence-corrected chi connectivity index (χ4v) is 2.33. The van der Waals surface area contributed by atoms with Gasteiger partial charge >= 0.3 is 0 Å². The molecule has 0 radical (unpaired) electrons. The van der Waals surface area contributed by atoms with Gasteiger partial charge in [0.15, 0.2) is 0 Å². The molecule has 92 valence electrons. The minimum Gasteiger partial charge on any atom is -0.351 e. The van der Waals surface area contributed by atoms with Gasteiger partial charge in [-0.3, -0.25) is 0 Å². The molecule has 0 atom stereocenters. The molecule has 3 heteroatoms. The first-order chi connectivity index (χ1) is 8.06. The molecule has 1 heterocycles. The van der Waals surface area contributed by atoms with Crippen LogP contribution >= 0.6 is 0 Å². The zero-order valence-electron chi connectivity index (χ0n) is 10.8. The van der Waals surface area contributed by atoms with Gasteiger partial charge in [-0.1, -0.05) is 12.1 Å². The van der Waals surface area contributed by atoms with Crippen molar-refractivity contribution in [3.8, 4) is 0 Å². The van der Waals surface area contributed by atoms with Crippen molar-refractivity contribution >= 4 is 10.9 Å². The largest absolute Gasteiger partial charge is 0.351 e. The van der Waals surface area contributed by atoms with E-state index in [1.807, 2.05) is 0 Å². The zero-order valence-corrected chi connectivity index (χ0v) is 10.8. The van der Waals surface area contributed by atoms with Crippen LogP contribution < -0.4 is 11.1 Å². The molecule has 0 aliphatic carbocycles. The fraction of sp³-hybridized carbons (Fsp3) is 0.429. The molecule has 0 unspecified atom stereocenters. The lowest BCUT2D eigenvalue weighted by Crippen LogP contribution is -2.39. The molecule has 0 bridgehead atoms. The molecular weight excluding hydrogens is 210 g/mol. The maximum Gasteiger partial charge on any atom is 0.0481 e. The third-order valence-electron chi connectivity index (χ3n) is 3.31. The van der Waals surface area contributed by atoms with Gasteiger partial charge in [-0.25, -0.2) is 0 Å². The standard InChI is InChI=1S/C14H21N3/c1-14(2,16-9-8-15)12-5-4-6-13-11(12)7-10-17(13)3/h4-7,10,16H,8-9,15H2,1-3H3. The topological polar surface area (TPSA) is 43.0 Å². The molecule has 2 rings (SSSR count). The predicted octanol–water partition coefficient (Wildman–Crippen LogP) is 1.96. The van der Waals surface area contributed by atoms with Crippen LogP contribution in [0.5, 0.6) is 0 Å². The highest BCUT2D eigenvalue weighted by atomic mass is 15.0. The molecular formula is C14H21N3. The number of fused-ring (bicyclic) bond motifs is 1. The smallest absolute Gasteiger partial charge is 0.0481 e. The van der Waals surface area contributed by atoms with Crippen LogP contribution in [-0.2, 0) is 12.6 Å². The first kappa shape index (κ1) is 12.1. The third-order valence-corrected chi connectivity index (χ3v) is 3.31. The predicted molar refractivity (Wildman–Crippen MR) is 73.0 cm³/mol. The van der Waals surface area contributed by atoms with E-state index in [1.54, 1.807) is 0 Å². The van der Waals surface area contributed by atoms with E-state index in [1.165, 1.54) is 16.5 Å². The highest BCUT2D eigenvalue weighted by Gasteiger charge is 2.21. The van der Waals surface area contributed by atoms with Gasteiger partial charge in [0.2, 0.25) is 0 Å². The molecule has 3 N–H and O–H groups in total. The molecule has 0 aliphatic heterocycles. The highest BCUT2D eigenvalue weighted by molar-refractivity contribution is 5.84. The van der Waals surface area contributed by atoms with Crippen molar-refractivity contribution in [3.63, 3.8) is 0 Å². The summed E-state index contributed by atoms with van der Waals surface area (Å²) in [6, 6.07) is 8.63. The Balaban J connectivity index is 2.47. The Morgan fingerprint density at radius 3 is 2.76 bits per heavy atom. The number of benzene rings is 1. The molecule has 3 nitrogen and oxygen atoms in total. The summed E-state index contributed by atoms with van der Waals surface area (Å²) >= 11 is 0. The van der Waals surface area contributed by atoms with E-state index in [9.17, 15) is 0 Å². The lowest BCUT2D eigenvalue weighted by Gasteiger charge is -2.27. The summed E-state index contributed by atoms with van der Waals surface area (Å²) < 4.78 is 2.15. The molecule has 1 aromatic carbocycles. The van der Waals surface area contributed by atoms with E-state index >= 15 is 0 Å². The van der Waals surface area contributed by atoms with Crippen molar-refractivity contribution in [2.24, 2.45) is 12.8 Å². The second-order valence-electron chi connectivity index (χ2n) is 5.01. The SMILES string of the molecule is Cn1ccc2c(C(C)(C)NCCN)cccc21. The second-order valence-corrected chi connectivity index (χ2v) is 5.01. The van der Waals surface area contributed by atoms with Crippen molar-refractivity contribution in [2.45, 2.75) is 19.4 Å². The summed E-state index contributed by atoms with van der Waals surface area (Å²) in [4.78, 5) is 0. The van der Waals surface area contributed by atoms with Crippen LogP contribution in [0.4, 0.5) is 0 Å². The maximum atomic E-state index is 5.56. The minimum atomic E-state index is -0.0553. The number of nitrogens with two attached hydrogens (primary N) is 1. The van der Waals surface area contributed by atoms with Gasteiger partial charge in [-0.15, -0.1) is 0 Å². The van der Waals surface area contributed by atoms with Gasteiger partial charge in [-0.05, 0) is 31.5 Å². The number of hydrogen-bond donors (Lipinski definition) is 2. The Hall–Kier alpha value is -1.32. The third kappa shape index (κ3) is 2.21. The summed E-state index contributed by atoms with van der Waals surface area (Å²) in [5.74, 6) is 0. The normalized spacial score (nSPS) is 12.2. The molecule has 1 aromatic heterocycles. The summed E-state index contributed by atoms with van der Waals surface area (Å²) in [7, 11) is 2.08. The van der Waals surface area contributed by atoms with Crippen molar-refractivity contribution in [1.29, 1.82) is 0 Å². The van der Waals surface area contributed by atoms with E-state index in [0.717, 1.165) is 6.54 Å². The number of nitrogens with one attached hydrogen (secondary N) is 1. The monoisotopic (exact) mass is 231 g/mol. The van der Waals surface area contributed by atoms with E-state index < -0.39 is 0 Å². The Morgan fingerprint density at radius 1 is 1.29 bits per heavy atom. The Morgan fingerprint density at radius 2 is 2.06 bits per heavy atom. The molecule has 0 aliphatic rings. The summed E-state index contributed by atoms with van der Waals surface area (Å²) in [5.41, 5.74) is 8.10. The molecule has 0 spiro atoms. The fourth-order valence-electron chi connectivity index (χ4n) is 2.33. The van der Waals surface area contributed by atoms with Crippen LogP contribution in [0.15, 0.2) is 30.5 Å². The van der Waals surface area contributed by atoms with Crippen LogP contribution in [0.25, 0.3) is 10.9 Å². The molecule has 17 heavy (non-hydrogen) atoms. The van der Waals surface area contributed by atoms with Gasteiger partial charge in [0.05, 0.1) is 0 Å². The first-order valence-electron chi connectivity index (χ1n) is 6.06. The number of hydrogen-bond acceptors (Lipinski definition) is 2. The van der Waals surface area contributed by atoms with Crippen molar-refractivity contribution in [2.75, 3.05) is 13.1 Å². The van der Waals surface area contributed by atoms with E-state index in [0.29, 0.717) is 6.54 Å².